The predicted octanol–water partition coefficient (Wildman–Crippen LogP) is 8.87. The van der Waals surface area contributed by atoms with Crippen LogP contribution in [0.3, 0.4) is 0 Å². The van der Waals surface area contributed by atoms with E-state index < -0.39 is 0 Å². The highest BCUT2D eigenvalue weighted by molar-refractivity contribution is 5.32. The van der Waals surface area contributed by atoms with Gasteiger partial charge in [0, 0.05) is 53.1 Å². The van der Waals surface area contributed by atoms with Crippen LogP contribution < -0.4 is 20.9 Å². The summed E-state index contributed by atoms with van der Waals surface area (Å²) in [5.74, 6) is 3.17. The summed E-state index contributed by atoms with van der Waals surface area (Å²) < 4.78 is 0. The molecule has 0 bridgehead atoms. The zero-order valence-corrected chi connectivity index (χ0v) is 39.0. The summed E-state index contributed by atoms with van der Waals surface area (Å²) in [5, 5.41) is 4.67. The molecule has 0 aromatic carbocycles. The van der Waals surface area contributed by atoms with E-state index in [2.05, 4.69) is 138 Å². The molecule has 324 valence electrons. The number of hydrogen-bond donors (Lipinski definition) is 2. The third-order valence-electron chi connectivity index (χ3n) is 13.5. The van der Waals surface area contributed by atoms with E-state index in [9.17, 15) is 0 Å². The van der Waals surface area contributed by atoms with Gasteiger partial charge in [0.15, 0.2) is 0 Å². The van der Waals surface area contributed by atoms with Crippen molar-refractivity contribution in [2.75, 3.05) is 24.1 Å². The van der Waals surface area contributed by atoms with Crippen LogP contribution in [0.4, 0.5) is 11.9 Å². The lowest BCUT2D eigenvalue weighted by Gasteiger charge is -2.55. The maximum absolute atomic E-state index is 5.19. The van der Waals surface area contributed by atoms with Crippen molar-refractivity contribution in [3.8, 4) is 0 Å². The summed E-state index contributed by atoms with van der Waals surface area (Å²) in [6.07, 6.45) is 21.6. The van der Waals surface area contributed by atoms with Crippen LogP contribution >= 0.6 is 0 Å². The molecule has 57 heavy (non-hydrogen) atoms. The molecule has 12 nitrogen and oxygen atoms in total. The smallest absolute Gasteiger partial charge is 0.243 e. The van der Waals surface area contributed by atoms with Crippen molar-refractivity contribution >= 4 is 11.9 Å². The van der Waals surface area contributed by atoms with Crippen LogP contribution in [0.2, 0.25) is 0 Å². The van der Waals surface area contributed by atoms with E-state index in [-0.39, 0.29) is 46.3 Å². The van der Waals surface area contributed by atoms with Gasteiger partial charge in [0.05, 0.1) is 6.04 Å². The monoisotopic (exact) mass is 793 g/mol. The van der Waals surface area contributed by atoms with E-state index >= 15 is 0 Å². The van der Waals surface area contributed by atoms with Gasteiger partial charge in [0.1, 0.15) is 24.3 Å². The zero-order chi connectivity index (χ0) is 42.0. The quantitative estimate of drug-likeness (QED) is 0.0877. The van der Waals surface area contributed by atoms with Crippen molar-refractivity contribution in [2.45, 2.75) is 239 Å². The normalized spacial score (nSPS) is 21.0. The highest BCUT2D eigenvalue weighted by Crippen LogP contribution is 2.39. The van der Waals surface area contributed by atoms with E-state index in [1.54, 1.807) is 12.7 Å². The third-order valence-corrected chi connectivity index (χ3v) is 13.5. The van der Waals surface area contributed by atoms with Crippen LogP contribution in [0.1, 0.15) is 191 Å². The first-order chi connectivity index (χ1) is 26.8. The number of anilines is 2. The molecule has 0 amide bonds. The van der Waals surface area contributed by atoms with Gasteiger partial charge in [-0.2, -0.15) is 9.97 Å². The van der Waals surface area contributed by atoms with E-state index in [1.165, 1.54) is 25.7 Å². The van der Waals surface area contributed by atoms with Crippen LogP contribution in [-0.4, -0.2) is 100 Å². The largest absolute Gasteiger partial charge is 0.296 e. The molecule has 0 saturated carbocycles. The lowest BCUT2D eigenvalue weighted by molar-refractivity contribution is -0.0195. The second-order valence-electron chi connectivity index (χ2n) is 20.1. The van der Waals surface area contributed by atoms with Crippen molar-refractivity contribution in [3.63, 3.8) is 0 Å². The summed E-state index contributed by atoms with van der Waals surface area (Å²) in [6, 6.07) is 0.668. The first-order valence-electron chi connectivity index (χ1n) is 22.8. The molecule has 12 heteroatoms. The van der Waals surface area contributed by atoms with Gasteiger partial charge < -0.3 is 0 Å². The number of likely N-dealkylation sites (tertiary alicyclic amines) is 2. The Labute approximate surface area is 348 Å². The number of unbranched alkanes of at least 4 members (excludes halogenated alkanes) is 6. The Morgan fingerprint density at radius 1 is 0.596 bits per heavy atom. The zero-order valence-electron chi connectivity index (χ0n) is 39.0. The highest BCUT2D eigenvalue weighted by Gasteiger charge is 2.46. The summed E-state index contributed by atoms with van der Waals surface area (Å²) in [4.78, 5) is 34.5. The molecule has 4 heterocycles. The molecule has 2 aliphatic heterocycles. The van der Waals surface area contributed by atoms with E-state index in [0.717, 1.165) is 101 Å². The minimum absolute atomic E-state index is 0.0317. The minimum Gasteiger partial charge on any atom is -0.296 e. The number of nitrogens with zero attached hydrogens (tertiary/aromatic N) is 10. The van der Waals surface area contributed by atoms with Crippen molar-refractivity contribution in [3.05, 3.63) is 24.3 Å². The van der Waals surface area contributed by atoms with Crippen molar-refractivity contribution in [2.24, 2.45) is 0 Å². The van der Waals surface area contributed by atoms with Crippen LogP contribution in [0, 0.1) is 0 Å². The second-order valence-corrected chi connectivity index (χ2v) is 20.1. The Kier molecular flexibility index (Phi) is 17.1. The topological polar surface area (TPSA) is 114 Å². The fourth-order valence-corrected chi connectivity index (χ4v) is 9.65. The number of aryl methyl sites for hydroxylation is 2. The Morgan fingerprint density at radius 3 is 1.44 bits per heavy atom. The molecular weight excluding hydrogens is 709 g/mol. The van der Waals surface area contributed by atoms with Crippen LogP contribution in [0.25, 0.3) is 0 Å². The fraction of sp³-hybridized carbons (Fsp3) is 0.867. The molecule has 0 spiro atoms. The Balaban J connectivity index is 1.77. The van der Waals surface area contributed by atoms with Gasteiger partial charge in [0.2, 0.25) is 11.9 Å². The lowest BCUT2D eigenvalue weighted by atomic mass is 9.78. The average Bonchev–Trinajstić information content (AvgIpc) is 3.14. The van der Waals surface area contributed by atoms with Gasteiger partial charge in [-0.1, -0.05) is 65.7 Å². The molecule has 2 aromatic heterocycles. The fourth-order valence-electron chi connectivity index (χ4n) is 9.65. The van der Waals surface area contributed by atoms with Crippen LogP contribution in [0.15, 0.2) is 12.7 Å². The maximum atomic E-state index is 5.19. The Bertz CT molecular complexity index is 1460. The van der Waals surface area contributed by atoms with Crippen molar-refractivity contribution in [1.29, 1.82) is 0 Å². The van der Waals surface area contributed by atoms with E-state index in [1.807, 2.05) is 0 Å². The molecule has 2 atom stereocenters. The van der Waals surface area contributed by atoms with Gasteiger partial charge in [0.25, 0.3) is 0 Å². The molecule has 2 aliphatic rings. The molecule has 0 aliphatic carbocycles. The number of hydrazine groups is 2. The lowest BCUT2D eigenvalue weighted by Crippen LogP contribution is -2.65. The number of nitrogens with one attached hydrogen (secondary N) is 2. The maximum Gasteiger partial charge on any atom is 0.243 e. The third kappa shape index (κ3) is 13.0. The van der Waals surface area contributed by atoms with Crippen LogP contribution in [0.5, 0.6) is 0 Å². The molecule has 2 aromatic rings. The van der Waals surface area contributed by atoms with Gasteiger partial charge in [-0.05, 0) is 128 Å². The number of hydrogen-bond acceptors (Lipinski definition) is 12. The summed E-state index contributed by atoms with van der Waals surface area (Å²) in [6.45, 7) is 28.1. The minimum atomic E-state index is 0.0317. The van der Waals surface area contributed by atoms with Crippen molar-refractivity contribution < 1.29 is 0 Å². The molecule has 2 N–H and O–H groups in total. The van der Waals surface area contributed by atoms with Gasteiger partial charge >= 0.3 is 0 Å². The number of rotatable bonds is 22. The van der Waals surface area contributed by atoms with E-state index in [4.69, 9.17) is 19.9 Å². The number of aromatic nitrogens is 6. The highest BCUT2D eigenvalue weighted by atomic mass is 15.6. The molecule has 2 saturated heterocycles. The summed E-state index contributed by atoms with van der Waals surface area (Å²) in [5.41, 5.74) is 8.32. The molecule has 2 fully saturated rings. The Morgan fingerprint density at radius 2 is 1.00 bits per heavy atom. The van der Waals surface area contributed by atoms with E-state index in [0.29, 0.717) is 5.95 Å². The van der Waals surface area contributed by atoms with Gasteiger partial charge in [-0.3, -0.25) is 19.8 Å². The number of piperidine rings is 2. The SMILES string of the molecule is CCCCCCCC(CC(C)N(NC1CC(C)(C)N(C)C(C)(C)C1)c1ncnc(CCCC)n1)N(NC1CC(C)(C)N(C)C(C)(C)C1)c1ncnc(CCCC)n1. The first kappa shape index (κ1) is 47.1. The summed E-state index contributed by atoms with van der Waals surface area (Å²) >= 11 is 0. The average molecular weight is 793 g/mol. The summed E-state index contributed by atoms with van der Waals surface area (Å²) in [7, 11) is 4.56. The van der Waals surface area contributed by atoms with Crippen molar-refractivity contribution in [1.82, 2.24) is 50.6 Å². The molecular formula is C45H84N12. The standard InChI is InChI=1S/C45H84N12/c1-15-18-21-22-23-24-37(57(41-49-33-47-39(51-41)26-20-17-3)53-36-30-44(9,10)55(14)45(11,12)31-36)27-34(4)56(40-48-32-46-38(50-40)25-19-16-2)52-35-28-42(5,6)54(13)43(7,8)29-35/h32-37,52-53H,15-31H2,1-14H3. The molecule has 4 rings (SSSR count). The van der Waals surface area contributed by atoms with Gasteiger partial charge in [-0.15, -0.1) is 0 Å². The van der Waals surface area contributed by atoms with Crippen LogP contribution in [-0.2, 0) is 12.8 Å². The predicted molar refractivity (Wildman–Crippen MR) is 237 cm³/mol. The second kappa shape index (κ2) is 20.6. The first-order valence-corrected chi connectivity index (χ1v) is 22.8. The Hall–Kier alpha value is -2.54. The van der Waals surface area contributed by atoms with Gasteiger partial charge in [-0.25, -0.2) is 30.8 Å². The molecule has 2 unspecified atom stereocenters. The molecule has 0 radical (unpaired) electrons.